The van der Waals surface area contributed by atoms with Gasteiger partial charge in [0.25, 0.3) is 10.0 Å². The molecule has 1 N–H and O–H groups in total. The van der Waals surface area contributed by atoms with E-state index >= 15 is 0 Å². The minimum Gasteiger partial charge on any atom is -0.408 e. The predicted molar refractivity (Wildman–Crippen MR) is 88.5 cm³/mol. The van der Waals surface area contributed by atoms with Crippen molar-refractivity contribution in [2.75, 3.05) is 4.72 Å². The average molecular weight is 353 g/mol. The van der Waals surface area contributed by atoms with E-state index in [2.05, 4.69) is 4.72 Å². The third-order valence-corrected chi connectivity index (χ3v) is 5.12. The molecule has 0 saturated heterocycles. The Labute approximate surface area is 137 Å². The second-order valence-electron chi connectivity index (χ2n) is 5.12. The highest BCUT2D eigenvalue weighted by Gasteiger charge is 2.18. The number of rotatable bonds is 3. The molecule has 2 aromatic carbocycles. The number of nitrogens with zero attached hydrogens (tertiary/aromatic N) is 1. The second-order valence-corrected chi connectivity index (χ2v) is 7.24. The van der Waals surface area contributed by atoms with E-state index in [4.69, 9.17) is 16.0 Å². The molecule has 6 nitrogen and oxygen atoms in total. The van der Waals surface area contributed by atoms with E-state index in [1.807, 2.05) is 0 Å². The first-order valence-corrected chi connectivity index (χ1v) is 8.52. The Morgan fingerprint density at radius 3 is 2.65 bits per heavy atom. The van der Waals surface area contributed by atoms with E-state index in [1.54, 1.807) is 26.1 Å². The van der Waals surface area contributed by atoms with Crippen LogP contribution in [-0.4, -0.2) is 13.0 Å². The van der Waals surface area contributed by atoms with Crippen LogP contribution >= 0.6 is 11.6 Å². The Morgan fingerprint density at radius 2 is 1.91 bits per heavy atom. The number of hydrogen-bond donors (Lipinski definition) is 1. The van der Waals surface area contributed by atoms with Crippen LogP contribution in [0.5, 0.6) is 0 Å². The van der Waals surface area contributed by atoms with Crippen LogP contribution in [0, 0.1) is 6.92 Å². The van der Waals surface area contributed by atoms with Crippen molar-refractivity contribution in [3.8, 4) is 0 Å². The molecule has 0 aliphatic rings. The lowest BCUT2D eigenvalue weighted by molar-refractivity contribution is 0.527. The summed E-state index contributed by atoms with van der Waals surface area (Å²) in [7, 11) is -2.28. The summed E-state index contributed by atoms with van der Waals surface area (Å²) in [6.07, 6.45) is 0. The molecule has 23 heavy (non-hydrogen) atoms. The fourth-order valence-corrected chi connectivity index (χ4v) is 3.50. The van der Waals surface area contributed by atoms with Crippen LogP contribution in [0.4, 0.5) is 5.69 Å². The summed E-state index contributed by atoms with van der Waals surface area (Å²) in [4.78, 5) is 11.5. The summed E-state index contributed by atoms with van der Waals surface area (Å²) in [5.41, 5.74) is 1.87. The van der Waals surface area contributed by atoms with Crippen molar-refractivity contribution in [1.29, 1.82) is 0 Å². The first-order valence-electron chi connectivity index (χ1n) is 6.66. The average Bonchev–Trinajstić information content (AvgIpc) is 2.77. The molecule has 120 valence electrons. The zero-order valence-corrected chi connectivity index (χ0v) is 13.9. The molecule has 0 radical (unpaired) electrons. The largest absolute Gasteiger partial charge is 0.419 e. The first-order chi connectivity index (χ1) is 10.8. The van der Waals surface area contributed by atoms with Gasteiger partial charge in [-0.25, -0.2) is 13.2 Å². The van der Waals surface area contributed by atoms with Gasteiger partial charge in [-0.05, 0) is 36.8 Å². The van der Waals surface area contributed by atoms with E-state index in [0.29, 0.717) is 16.2 Å². The number of benzene rings is 2. The van der Waals surface area contributed by atoms with Crippen LogP contribution in [0.15, 0.2) is 50.5 Å². The maximum absolute atomic E-state index is 12.5. The van der Waals surface area contributed by atoms with Crippen molar-refractivity contribution >= 4 is 38.4 Å². The summed E-state index contributed by atoms with van der Waals surface area (Å²) in [5, 5.41) is 0.429. The van der Waals surface area contributed by atoms with Gasteiger partial charge >= 0.3 is 5.76 Å². The molecule has 1 heterocycles. The van der Waals surface area contributed by atoms with Gasteiger partial charge in [-0.1, -0.05) is 17.7 Å². The third kappa shape index (κ3) is 2.85. The number of aromatic nitrogens is 1. The Morgan fingerprint density at radius 1 is 1.17 bits per heavy atom. The van der Waals surface area contributed by atoms with E-state index in [-0.39, 0.29) is 10.5 Å². The molecule has 3 rings (SSSR count). The van der Waals surface area contributed by atoms with Crippen molar-refractivity contribution in [2.24, 2.45) is 7.05 Å². The highest BCUT2D eigenvalue weighted by atomic mass is 35.5. The predicted octanol–water partition coefficient (Wildman–Crippen LogP) is 2.89. The van der Waals surface area contributed by atoms with Crippen molar-refractivity contribution in [2.45, 2.75) is 11.8 Å². The van der Waals surface area contributed by atoms with Crippen LogP contribution in [0.2, 0.25) is 5.02 Å². The monoisotopic (exact) mass is 352 g/mol. The molecule has 0 fully saturated rings. The zero-order valence-electron chi connectivity index (χ0n) is 12.3. The van der Waals surface area contributed by atoms with Gasteiger partial charge in [0.1, 0.15) is 0 Å². The van der Waals surface area contributed by atoms with Gasteiger partial charge < -0.3 is 4.42 Å². The van der Waals surface area contributed by atoms with Crippen molar-refractivity contribution in [1.82, 2.24) is 4.57 Å². The zero-order chi connectivity index (χ0) is 16.8. The second kappa shape index (κ2) is 5.43. The molecule has 0 amide bonds. The molecule has 0 spiro atoms. The Bertz CT molecular complexity index is 1070. The Kier molecular flexibility index (Phi) is 3.69. The van der Waals surface area contributed by atoms with Gasteiger partial charge in [0.2, 0.25) is 0 Å². The number of anilines is 1. The fourth-order valence-electron chi connectivity index (χ4n) is 2.19. The first kappa shape index (κ1) is 15.6. The highest BCUT2D eigenvalue weighted by molar-refractivity contribution is 7.92. The quantitative estimate of drug-likeness (QED) is 0.785. The topological polar surface area (TPSA) is 81.3 Å². The molecule has 0 bridgehead atoms. The minimum absolute atomic E-state index is 0.00118. The third-order valence-electron chi connectivity index (χ3n) is 3.52. The number of oxazole rings is 1. The summed E-state index contributed by atoms with van der Waals surface area (Å²) in [5.74, 6) is -0.548. The lowest BCUT2D eigenvalue weighted by Crippen LogP contribution is -2.13. The lowest BCUT2D eigenvalue weighted by Gasteiger charge is -2.11. The molecule has 0 atom stereocenters. The smallest absolute Gasteiger partial charge is 0.408 e. The summed E-state index contributed by atoms with van der Waals surface area (Å²) in [6, 6.07) is 9.20. The molecular formula is C15H13ClN2O4S. The van der Waals surface area contributed by atoms with Crippen molar-refractivity contribution in [3.63, 3.8) is 0 Å². The van der Waals surface area contributed by atoms with E-state index in [1.165, 1.54) is 28.8 Å². The maximum Gasteiger partial charge on any atom is 0.419 e. The molecule has 8 heteroatoms. The number of fused-ring (bicyclic) bond motifs is 1. The fraction of sp³-hybridized carbons (Fsp3) is 0.133. The molecular weight excluding hydrogens is 340 g/mol. The Hall–Kier alpha value is -2.25. The number of halogens is 1. The van der Waals surface area contributed by atoms with Crippen LogP contribution in [0.1, 0.15) is 5.56 Å². The van der Waals surface area contributed by atoms with Crippen molar-refractivity contribution in [3.05, 3.63) is 57.5 Å². The van der Waals surface area contributed by atoms with Crippen LogP contribution < -0.4 is 10.5 Å². The molecule has 0 aliphatic heterocycles. The van der Waals surface area contributed by atoms with Crippen LogP contribution in [0.25, 0.3) is 11.1 Å². The molecule has 1 aromatic heterocycles. The van der Waals surface area contributed by atoms with E-state index < -0.39 is 15.8 Å². The van der Waals surface area contributed by atoms with E-state index in [0.717, 1.165) is 5.56 Å². The highest BCUT2D eigenvalue weighted by Crippen LogP contribution is 2.25. The number of hydrogen-bond acceptors (Lipinski definition) is 4. The van der Waals surface area contributed by atoms with Gasteiger partial charge in [0, 0.05) is 18.1 Å². The summed E-state index contributed by atoms with van der Waals surface area (Å²) < 4.78 is 33.9. The van der Waals surface area contributed by atoms with Crippen LogP contribution in [0.3, 0.4) is 0 Å². The van der Waals surface area contributed by atoms with E-state index in [9.17, 15) is 13.2 Å². The lowest BCUT2D eigenvalue weighted by atomic mass is 10.2. The van der Waals surface area contributed by atoms with Gasteiger partial charge in [0.05, 0.1) is 16.1 Å². The van der Waals surface area contributed by atoms with Crippen LogP contribution in [-0.2, 0) is 17.1 Å². The summed E-state index contributed by atoms with van der Waals surface area (Å²) >= 11 is 5.90. The van der Waals surface area contributed by atoms with Gasteiger partial charge in [0.15, 0.2) is 5.58 Å². The molecule has 0 aliphatic carbocycles. The van der Waals surface area contributed by atoms with Crippen molar-refractivity contribution < 1.29 is 12.8 Å². The van der Waals surface area contributed by atoms with Gasteiger partial charge in [-0.2, -0.15) is 0 Å². The maximum atomic E-state index is 12.5. The normalized spacial score (nSPS) is 11.8. The Balaban J connectivity index is 2.05. The summed E-state index contributed by atoms with van der Waals surface area (Å²) in [6.45, 7) is 1.77. The number of sulfonamides is 1. The molecule has 0 saturated carbocycles. The molecule has 3 aromatic rings. The SMILES string of the molecule is Cc1ccc(Cl)cc1NS(=O)(=O)c1ccc2c(c1)oc(=O)n2C. The standard InChI is InChI=1S/C15H13ClN2O4S/c1-9-3-4-10(16)7-12(9)17-23(20,21)11-5-6-13-14(8-11)22-15(19)18(13)2/h3-8,17H,1-2H3. The van der Waals surface area contributed by atoms with Gasteiger partial charge in [-0.3, -0.25) is 9.29 Å². The number of aryl methyl sites for hydroxylation is 2. The minimum atomic E-state index is -3.83. The van der Waals surface area contributed by atoms with Gasteiger partial charge in [-0.15, -0.1) is 0 Å². The molecule has 0 unspecified atom stereocenters. The number of nitrogens with one attached hydrogen (secondary N) is 1.